The molecule has 1 aliphatic rings. The van der Waals surface area contributed by atoms with Gasteiger partial charge < -0.3 is 15.0 Å². The first-order valence-corrected chi connectivity index (χ1v) is 6.97. The van der Waals surface area contributed by atoms with Crippen LogP contribution in [-0.2, 0) is 0 Å². The van der Waals surface area contributed by atoms with Gasteiger partial charge in [-0.2, -0.15) is 0 Å². The summed E-state index contributed by atoms with van der Waals surface area (Å²) in [6.45, 7) is 9.40. The largest absolute Gasteiger partial charge is 0.494 e. The number of hydrogen-bond donors (Lipinski definition) is 1. The molecule has 0 amide bonds. The summed E-state index contributed by atoms with van der Waals surface area (Å²) in [7, 11) is 0. The molecule has 0 radical (unpaired) electrons. The van der Waals surface area contributed by atoms with Crippen LogP contribution in [0, 0.1) is 0 Å². The van der Waals surface area contributed by atoms with Gasteiger partial charge in [-0.3, -0.25) is 0 Å². The SMILES string of the molecule is CCOc1ccc(N2CC(CC)NCC2C)cc1. The van der Waals surface area contributed by atoms with Gasteiger partial charge in [0.2, 0.25) is 0 Å². The molecule has 0 aromatic heterocycles. The fourth-order valence-corrected chi connectivity index (χ4v) is 2.46. The number of piperazine rings is 1. The zero-order chi connectivity index (χ0) is 13.0. The van der Waals surface area contributed by atoms with Gasteiger partial charge in [0.1, 0.15) is 5.75 Å². The Labute approximate surface area is 110 Å². The maximum Gasteiger partial charge on any atom is 0.119 e. The van der Waals surface area contributed by atoms with Crippen LogP contribution in [0.15, 0.2) is 24.3 Å². The molecule has 1 aromatic rings. The fourth-order valence-electron chi connectivity index (χ4n) is 2.46. The van der Waals surface area contributed by atoms with Gasteiger partial charge in [0.05, 0.1) is 6.61 Å². The Morgan fingerprint density at radius 2 is 2.00 bits per heavy atom. The smallest absolute Gasteiger partial charge is 0.119 e. The maximum atomic E-state index is 5.49. The van der Waals surface area contributed by atoms with Gasteiger partial charge in [0, 0.05) is 30.9 Å². The highest BCUT2D eigenvalue weighted by Crippen LogP contribution is 2.23. The minimum Gasteiger partial charge on any atom is -0.494 e. The number of rotatable bonds is 4. The zero-order valence-electron chi connectivity index (χ0n) is 11.6. The molecule has 2 atom stereocenters. The van der Waals surface area contributed by atoms with Crippen LogP contribution in [-0.4, -0.2) is 31.8 Å². The predicted octanol–water partition coefficient (Wildman–Crippen LogP) is 2.66. The molecule has 1 N–H and O–H groups in total. The van der Waals surface area contributed by atoms with Crippen LogP contribution < -0.4 is 15.0 Å². The third kappa shape index (κ3) is 2.96. The van der Waals surface area contributed by atoms with Gasteiger partial charge >= 0.3 is 0 Å². The van der Waals surface area contributed by atoms with E-state index in [0.29, 0.717) is 12.1 Å². The summed E-state index contributed by atoms with van der Waals surface area (Å²) in [6.07, 6.45) is 1.18. The van der Waals surface area contributed by atoms with Crippen molar-refractivity contribution in [2.45, 2.75) is 39.3 Å². The van der Waals surface area contributed by atoms with Gasteiger partial charge in [-0.05, 0) is 44.5 Å². The first-order valence-electron chi connectivity index (χ1n) is 6.97. The van der Waals surface area contributed by atoms with E-state index < -0.39 is 0 Å². The molecule has 0 aliphatic carbocycles. The summed E-state index contributed by atoms with van der Waals surface area (Å²) in [5.74, 6) is 0.955. The van der Waals surface area contributed by atoms with Gasteiger partial charge in [-0.1, -0.05) is 6.92 Å². The molecular weight excluding hydrogens is 224 g/mol. The Kier molecular flexibility index (Phi) is 4.48. The van der Waals surface area contributed by atoms with Gasteiger partial charge in [-0.15, -0.1) is 0 Å². The lowest BCUT2D eigenvalue weighted by molar-refractivity contribution is 0.340. The van der Waals surface area contributed by atoms with Gasteiger partial charge in [-0.25, -0.2) is 0 Å². The molecule has 0 saturated carbocycles. The van der Waals surface area contributed by atoms with Crippen molar-refractivity contribution < 1.29 is 4.74 Å². The molecule has 1 fully saturated rings. The molecule has 2 unspecified atom stereocenters. The van der Waals surface area contributed by atoms with Crippen LogP contribution in [0.3, 0.4) is 0 Å². The van der Waals surface area contributed by atoms with Crippen molar-refractivity contribution in [3.05, 3.63) is 24.3 Å². The van der Waals surface area contributed by atoms with E-state index in [2.05, 4.69) is 48.3 Å². The molecule has 0 bridgehead atoms. The molecule has 0 spiro atoms. The summed E-state index contributed by atoms with van der Waals surface area (Å²) in [5, 5.41) is 3.58. The van der Waals surface area contributed by atoms with Crippen molar-refractivity contribution in [1.82, 2.24) is 5.32 Å². The molecule has 1 saturated heterocycles. The highest BCUT2D eigenvalue weighted by molar-refractivity contribution is 5.50. The van der Waals surface area contributed by atoms with E-state index >= 15 is 0 Å². The Bertz CT molecular complexity index is 363. The number of benzene rings is 1. The first kappa shape index (κ1) is 13.2. The van der Waals surface area contributed by atoms with Crippen LogP contribution in [0.4, 0.5) is 5.69 Å². The highest BCUT2D eigenvalue weighted by atomic mass is 16.5. The van der Waals surface area contributed by atoms with Crippen LogP contribution in [0.5, 0.6) is 5.75 Å². The molecule has 3 heteroatoms. The second-order valence-electron chi connectivity index (χ2n) is 4.94. The van der Waals surface area contributed by atoms with Crippen molar-refractivity contribution in [2.24, 2.45) is 0 Å². The third-order valence-corrected chi connectivity index (χ3v) is 3.62. The standard InChI is InChI=1S/C15H24N2O/c1-4-13-11-17(12(3)10-16-13)14-6-8-15(9-7-14)18-5-2/h6-9,12-13,16H,4-5,10-11H2,1-3H3. The summed E-state index contributed by atoms with van der Waals surface area (Å²) in [5.41, 5.74) is 1.30. The highest BCUT2D eigenvalue weighted by Gasteiger charge is 2.23. The Hall–Kier alpha value is -1.22. The lowest BCUT2D eigenvalue weighted by Gasteiger charge is -2.40. The van der Waals surface area contributed by atoms with E-state index in [4.69, 9.17) is 4.74 Å². The predicted molar refractivity (Wildman–Crippen MR) is 76.5 cm³/mol. The molecule has 1 heterocycles. The number of nitrogens with zero attached hydrogens (tertiary/aromatic N) is 1. The molecular formula is C15H24N2O. The molecule has 2 rings (SSSR count). The number of hydrogen-bond acceptors (Lipinski definition) is 3. The maximum absolute atomic E-state index is 5.49. The third-order valence-electron chi connectivity index (χ3n) is 3.62. The number of anilines is 1. The van der Waals surface area contributed by atoms with E-state index in [-0.39, 0.29) is 0 Å². The number of ether oxygens (including phenoxy) is 1. The van der Waals surface area contributed by atoms with Crippen molar-refractivity contribution in [3.8, 4) is 5.75 Å². The molecule has 3 nitrogen and oxygen atoms in total. The summed E-state index contributed by atoms with van der Waals surface area (Å²) in [4.78, 5) is 2.49. The Morgan fingerprint density at radius 1 is 1.28 bits per heavy atom. The van der Waals surface area contributed by atoms with Crippen molar-refractivity contribution in [3.63, 3.8) is 0 Å². The molecule has 100 valence electrons. The lowest BCUT2D eigenvalue weighted by Crippen LogP contribution is -2.55. The average molecular weight is 248 g/mol. The van der Waals surface area contributed by atoms with E-state index in [1.807, 2.05) is 6.92 Å². The zero-order valence-corrected chi connectivity index (χ0v) is 11.6. The van der Waals surface area contributed by atoms with Gasteiger partial charge in [0.25, 0.3) is 0 Å². The number of nitrogens with one attached hydrogen (secondary N) is 1. The Morgan fingerprint density at radius 3 is 2.61 bits per heavy atom. The lowest BCUT2D eigenvalue weighted by atomic mass is 10.1. The molecule has 18 heavy (non-hydrogen) atoms. The quantitative estimate of drug-likeness (QED) is 0.886. The van der Waals surface area contributed by atoms with E-state index in [0.717, 1.165) is 25.4 Å². The first-order chi connectivity index (χ1) is 8.74. The average Bonchev–Trinajstić information content (AvgIpc) is 2.41. The normalized spacial score (nSPS) is 24.1. The monoisotopic (exact) mass is 248 g/mol. The van der Waals surface area contributed by atoms with Crippen LogP contribution >= 0.6 is 0 Å². The van der Waals surface area contributed by atoms with Crippen molar-refractivity contribution >= 4 is 5.69 Å². The topological polar surface area (TPSA) is 24.5 Å². The summed E-state index contributed by atoms with van der Waals surface area (Å²) < 4.78 is 5.49. The van der Waals surface area contributed by atoms with E-state index in [9.17, 15) is 0 Å². The summed E-state index contributed by atoms with van der Waals surface area (Å²) in [6, 6.07) is 9.61. The Balaban J connectivity index is 2.08. The second kappa shape index (κ2) is 6.10. The van der Waals surface area contributed by atoms with Crippen LogP contribution in [0.2, 0.25) is 0 Å². The fraction of sp³-hybridized carbons (Fsp3) is 0.600. The van der Waals surface area contributed by atoms with E-state index in [1.165, 1.54) is 12.1 Å². The van der Waals surface area contributed by atoms with Crippen molar-refractivity contribution in [2.75, 3.05) is 24.6 Å². The summed E-state index contributed by atoms with van der Waals surface area (Å²) >= 11 is 0. The van der Waals surface area contributed by atoms with Crippen molar-refractivity contribution in [1.29, 1.82) is 0 Å². The van der Waals surface area contributed by atoms with Gasteiger partial charge in [0.15, 0.2) is 0 Å². The van der Waals surface area contributed by atoms with Crippen LogP contribution in [0.25, 0.3) is 0 Å². The molecule has 1 aromatic carbocycles. The minimum atomic E-state index is 0.547. The molecule has 1 aliphatic heterocycles. The van der Waals surface area contributed by atoms with E-state index in [1.54, 1.807) is 0 Å². The minimum absolute atomic E-state index is 0.547. The van der Waals surface area contributed by atoms with Crippen LogP contribution in [0.1, 0.15) is 27.2 Å². The second-order valence-corrected chi connectivity index (χ2v) is 4.94.